The number of ether oxygens (including phenoxy) is 2. The van der Waals surface area contributed by atoms with Crippen molar-refractivity contribution in [3.63, 3.8) is 0 Å². The normalized spacial score (nSPS) is 11.2. The van der Waals surface area contributed by atoms with Gasteiger partial charge in [0.2, 0.25) is 0 Å². The molecule has 0 N–H and O–H groups in total. The molecule has 0 saturated heterocycles. The number of para-hydroxylation sites is 2. The molecule has 0 amide bonds. The van der Waals surface area contributed by atoms with Crippen LogP contribution in [-0.4, -0.2) is 26.6 Å². The van der Waals surface area contributed by atoms with E-state index in [4.69, 9.17) is 9.47 Å². The molecule has 0 fully saturated rings. The lowest BCUT2D eigenvalue weighted by molar-refractivity contribution is 0.414. The standard InChI is InChI=1S/C29H26N2O2/c1-32-28-9-5-3-7-24(28)20-30-26-15-11-22(12-16-26)19-23-13-17-27(18-14-23)31-21-25-8-4-6-10-29(25)33-2/h3-18,20-21H,19H2,1-2H3. The van der Waals surface area contributed by atoms with Gasteiger partial charge in [-0.25, -0.2) is 0 Å². The molecule has 0 aliphatic rings. The lowest BCUT2D eigenvalue weighted by Crippen LogP contribution is -1.90. The van der Waals surface area contributed by atoms with Gasteiger partial charge < -0.3 is 9.47 Å². The molecule has 4 nitrogen and oxygen atoms in total. The Bertz CT molecular complexity index is 1140. The molecule has 4 rings (SSSR count). The van der Waals surface area contributed by atoms with E-state index < -0.39 is 0 Å². The molecule has 0 atom stereocenters. The SMILES string of the molecule is COc1ccccc1C=Nc1ccc(Cc2ccc(N=Cc3ccccc3OC)cc2)cc1. The van der Waals surface area contributed by atoms with Crippen molar-refractivity contribution in [3.8, 4) is 11.5 Å². The highest BCUT2D eigenvalue weighted by molar-refractivity contribution is 5.86. The summed E-state index contributed by atoms with van der Waals surface area (Å²) in [5, 5.41) is 0. The van der Waals surface area contributed by atoms with E-state index in [9.17, 15) is 0 Å². The van der Waals surface area contributed by atoms with Crippen LogP contribution in [0.4, 0.5) is 11.4 Å². The van der Waals surface area contributed by atoms with Crippen LogP contribution in [0.5, 0.6) is 11.5 Å². The minimum atomic E-state index is 0.813. The Morgan fingerprint density at radius 1 is 0.545 bits per heavy atom. The molecular weight excluding hydrogens is 408 g/mol. The summed E-state index contributed by atoms with van der Waals surface area (Å²) in [6, 6.07) is 32.3. The van der Waals surface area contributed by atoms with Crippen LogP contribution in [-0.2, 0) is 6.42 Å². The second-order valence-electron chi connectivity index (χ2n) is 7.51. The average Bonchev–Trinajstić information content (AvgIpc) is 2.88. The summed E-state index contributed by atoms with van der Waals surface area (Å²) in [7, 11) is 3.33. The third-order valence-corrected chi connectivity index (χ3v) is 5.26. The molecule has 164 valence electrons. The molecule has 0 saturated carbocycles. The number of hydrogen-bond donors (Lipinski definition) is 0. The van der Waals surface area contributed by atoms with Gasteiger partial charge in [0.25, 0.3) is 0 Å². The van der Waals surface area contributed by atoms with Crippen molar-refractivity contribution in [1.82, 2.24) is 0 Å². The predicted molar refractivity (Wildman–Crippen MR) is 136 cm³/mol. The molecule has 0 unspecified atom stereocenters. The van der Waals surface area contributed by atoms with Crippen molar-refractivity contribution in [1.29, 1.82) is 0 Å². The first kappa shape index (κ1) is 22.0. The van der Waals surface area contributed by atoms with Crippen LogP contribution >= 0.6 is 0 Å². The largest absolute Gasteiger partial charge is 0.496 e. The Hall–Kier alpha value is -4.18. The van der Waals surface area contributed by atoms with E-state index >= 15 is 0 Å². The zero-order chi connectivity index (χ0) is 22.9. The molecule has 0 radical (unpaired) electrons. The second-order valence-corrected chi connectivity index (χ2v) is 7.51. The fraction of sp³-hybridized carbons (Fsp3) is 0.103. The summed E-state index contributed by atoms with van der Waals surface area (Å²) >= 11 is 0. The second kappa shape index (κ2) is 10.9. The summed E-state index contributed by atoms with van der Waals surface area (Å²) in [4.78, 5) is 9.15. The van der Waals surface area contributed by atoms with Crippen LogP contribution < -0.4 is 9.47 Å². The monoisotopic (exact) mass is 434 g/mol. The van der Waals surface area contributed by atoms with Gasteiger partial charge in [0.05, 0.1) is 25.6 Å². The molecule has 0 aromatic heterocycles. The molecule has 0 heterocycles. The third-order valence-electron chi connectivity index (χ3n) is 5.26. The Morgan fingerprint density at radius 2 is 0.939 bits per heavy atom. The average molecular weight is 435 g/mol. The van der Waals surface area contributed by atoms with Gasteiger partial charge in [-0.1, -0.05) is 48.5 Å². The number of hydrogen-bond acceptors (Lipinski definition) is 4. The molecular formula is C29H26N2O2. The van der Waals surface area contributed by atoms with Gasteiger partial charge in [0.1, 0.15) is 11.5 Å². The van der Waals surface area contributed by atoms with E-state index in [1.165, 1.54) is 11.1 Å². The quantitative estimate of drug-likeness (QED) is 0.286. The number of methoxy groups -OCH3 is 2. The topological polar surface area (TPSA) is 43.2 Å². The van der Waals surface area contributed by atoms with Crippen LogP contribution in [0.25, 0.3) is 0 Å². The molecule has 0 aliphatic heterocycles. The van der Waals surface area contributed by atoms with E-state index in [1.807, 2.05) is 85.2 Å². The smallest absolute Gasteiger partial charge is 0.127 e. The molecule has 4 aromatic rings. The van der Waals surface area contributed by atoms with E-state index in [-0.39, 0.29) is 0 Å². The van der Waals surface area contributed by atoms with Gasteiger partial charge in [-0.05, 0) is 66.1 Å². The minimum absolute atomic E-state index is 0.813. The van der Waals surface area contributed by atoms with Crippen LogP contribution in [0.2, 0.25) is 0 Å². The number of nitrogens with zero attached hydrogens (tertiary/aromatic N) is 2. The number of rotatable bonds is 8. The lowest BCUT2D eigenvalue weighted by atomic mass is 10.0. The van der Waals surface area contributed by atoms with Crippen LogP contribution in [0.3, 0.4) is 0 Å². The van der Waals surface area contributed by atoms with E-state index in [1.54, 1.807) is 14.2 Å². The Morgan fingerprint density at radius 3 is 1.33 bits per heavy atom. The number of aliphatic imine (C=N–C) groups is 2. The van der Waals surface area contributed by atoms with Crippen molar-refractivity contribution < 1.29 is 9.47 Å². The van der Waals surface area contributed by atoms with Crippen molar-refractivity contribution in [2.45, 2.75) is 6.42 Å². The zero-order valence-electron chi connectivity index (χ0n) is 18.8. The lowest BCUT2D eigenvalue weighted by Gasteiger charge is -2.05. The van der Waals surface area contributed by atoms with Crippen molar-refractivity contribution in [2.75, 3.05) is 14.2 Å². The molecule has 4 aromatic carbocycles. The Labute approximate surface area is 194 Å². The highest BCUT2D eigenvalue weighted by Gasteiger charge is 2.01. The highest BCUT2D eigenvalue weighted by atomic mass is 16.5. The number of benzene rings is 4. The Balaban J connectivity index is 1.38. The molecule has 0 bridgehead atoms. The fourth-order valence-corrected chi connectivity index (χ4v) is 3.47. The van der Waals surface area contributed by atoms with Crippen LogP contribution in [0.15, 0.2) is 107 Å². The van der Waals surface area contributed by atoms with Gasteiger partial charge in [-0.2, -0.15) is 0 Å². The third kappa shape index (κ3) is 5.95. The van der Waals surface area contributed by atoms with Crippen molar-refractivity contribution >= 4 is 23.8 Å². The zero-order valence-corrected chi connectivity index (χ0v) is 18.8. The maximum absolute atomic E-state index is 5.37. The van der Waals surface area contributed by atoms with Gasteiger partial charge in [0.15, 0.2) is 0 Å². The maximum Gasteiger partial charge on any atom is 0.127 e. The molecule has 0 aliphatic carbocycles. The van der Waals surface area contributed by atoms with Crippen molar-refractivity contribution in [2.24, 2.45) is 9.98 Å². The fourth-order valence-electron chi connectivity index (χ4n) is 3.47. The maximum atomic E-state index is 5.37. The van der Waals surface area contributed by atoms with Crippen LogP contribution in [0.1, 0.15) is 22.3 Å². The van der Waals surface area contributed by atoms with Gasteiger partial charge in [-0.15, -0.1) is 0 Å². The van der Waals surface area contributed by atoms with E-state index in [2.05, 4.69) is 34.3 Å². The minimum Gasteiger partial charge on any atom is -0.496 e. The predicted octanol–water partition coefficient (Wildman–Crippen LogP) is 6.80. The van der Waals surface area contributed by atoms with Crippen LogP contribution in [0, 0.1) is 0 Å². The van der Waals surface area contributed by atoms with Gasteiger partial charge >= 0.3 is 0 Å². The first-order valence-electron chi connectivity index (χ1n) is 10.8. The van der Waals surface area contributed by atoms with Crippen molar-refractivity contribution in [3.05, 3.63) is 119 Å². The summed E-state index contributed by atoms with van der Waals surface area (Å²) in [6.45, 7) is 0. The van der Waals surface area contributed by atoms with Gasteiger partial charge in [0, 0.05) is 23.6 Å². The molecule has 0 spiro atoms. The summed E-state index contributed by atoms with van der Waals surface area (Å²) < 4.78 is 10.7. The first-order chi connectivity index (χ1) is 16.2. The first-order valence-corrected chi connectivity index (χ1v) is 10.8. The summed E-state index contributed by atoms with van der Waals surface area (Å²) in [5.74, 6) is 1.63. The Kier molecular flexibility index (Phi) is 7.29. The highest BCUT2D eigenvalue weighted by Crippen LogP contribution is 2.21. The molecule has 4 heteroatoms. The van der Waals surface area contributed by atoms with Gasteiger partial charge in [-0.3, -0.25) is 9.98 Å². The van der Waals surface area contributed by atoms with E-state index in [0.717, 1.165) is 40.4 Å². The summed E-state index contributed by atoms with van der Waals surface area (Å²) in [6.07, 6.45) is 4.52. The summed E-state index contributed by atoms with van der Waals surface area (Å²) in [5.41, 5.74) is 6.19. The molecule has 33 heavy (non-hydrogen) atoms. The van der Waals surface area contributed by atoms with E-state index in [0.29, 0.717) is 0 Å².